The van der Waals surface area contributed by atoms with Gasteiger partial charge in [0.05, 0.1) is 4.47 Å². The monoisotopic (exact) mass is 192 g/mol. The summed E-state index contributed by atoms with van der Waals surface area (Å²) in [5, 5.41) is 0. The van der Waals surface area contributed by atoms with Crippen molar-refractivity contribution in [1.82, 2.24) is 4.98 Å². The van der Waals surface area contributed by atoms with Gasteiger partial charge in [0.1, 0.15) is 0 Å². The maximum absolute atomic E-state index is 12.5. The fourth-order valence-electron chi connectivity index (χ4n) is 0.421. The highest BCUT2D eigenvalue weighted by Gasteiger charge is 1.96. The molecule has 0 aliphatic heterocycles. The van der Waals surface area contributed by atoms with E-state index in [1.54, 1.807) is 0 Å². The van der Waals surface area contributed by atoms with Gasteiger partial charge >= 0.3 is 0 Å². The zero-order valence-corrected chi connectivity index (χ0v) is 5.94. The van der Waals surface area contributed by atoms with E-state index in [2.05, 4.69) is 20.9 Å². The van der Waals surface area contributed by atoms with Crippen LogP contribution in [0, 0.1) is 12.8 Å². The lowest BCUT2D eigenvalue weighted by Gasteiger charge is -1.92. The van der Waals surface area contributed by atoms with Crippen LogP contribution in [0.4, 0.5) is 4.39 Å². The SMILES string of the molecule is [2H]C([2H])([2H])c1cnc(F)c(Br)c1. The van der Waals surface area contributed by atoms with Crippen molar-refractivity contribution in [3.05, 3.63) is 28.2 Å². The topological polar surface area (TPSA) is 12.9 Å². The second kappa shape index (κ2) is 2.43. The van der Waals surface area contributed by atoms with Gasteiger partial charge in [-0.05, 0) is 34.4 Å². The molecular formula is C6H5BrFN. The van der Waals surface area contributed by atoms with Crippen molar-refractivity contribution in [2.24, 2.45) is 0 Å². The summed E-state index contributed by atoms with van der Waals surface area (Å²) in [7, 11) is 0. The summed E-state index contributed by atoms with van der Waals surface area (Å²) in [5.41, 5.74) is 0.0239. The Kier molecular flexibility index (Phi) is 0.990. The second-order valence-electron chi connectivity index (χ2n) is 1.50. The molecule has 0 bridgehead atoms. The normalized spacial score (nSPS) is 16.0. The van der Waals surface area contributed by atoms with Crippen LogP contribution in [-0.4, -0.2) is 4.98 Å². The third-order valence-corrected chi connectivity index (χ3v) is 1.35. The Morgan fingerprint density at radius 1 is 1.89 bits per heavy atom. The van der Waals surface area contributed by atoms with Gasteiger partial charge in [-0.3, -0.25) is 0 Å². The zero-order valence-electron chi connectivity index (χ0n) is 7.36. The van der Waals surface area contributed by atoms with Crippen LogP contribution in [-0.2, 0) is 0 Å². The number of aromatic nitrogens is 1. The van der Waals surface area contributed by atoms with Crippen LogP contribution in [0.3, 0.4) is 0 Å². The van der Waals surface area contributed by atoms with Crippen molar-refractivity contribution in [2.75, 3.05) is 0 Å². The van der Waals surface area contributed by atoms with Crippen LogP contribution in [0.2, 0.25) is 0 Å². The van der Waals surface area contributed by atoms with E-state index in [9.17, 15) is 4.39 Å². The molecule has 0 radical (unpaired) electrons. The van der Waals surface area contributed by atoms with Crippen molar-refractivity contribution >= 4 is 15.9 Å². The van der Waals surface area contributed by atoms with Gasteiger partial charge in [-0.1, -0.05) is 0 Å². The van der Waals surface area contributed by atoms with Crippen LogP contribution in [0.15, 0.2) is 16.7 Å². The average molecular weight is 193 g/mol. The van der Waals surface area contributed by atoms with Crippen molar-refractivity contribution < 1.29 is 8.50 Å². The summed E-state index contributed by atoms with van der Waals surface area (Å²) in [6.07, 6.45) is 1.01. The lowest BCUT2D eigenvalue weighted by atomic mass is 10.3. The van der Waals surface area contributed by atoms with E-state index in [1.807, 2.05) is 0 Å². The lowest BCUT2D eigenvalue weighted by Crippen LogP contribution is -1.83. The predicted octanol–water partition coefficient (Wildman–Crippen LogP) is 2.29. The number of hydrogen-bond acceptors (Lipinski definition) is 1. The fourth-order valence-corrected chi connectivity index (χ4v) is 0.770. The summed E-state index contributed by atoms with van der Waals surface area (Å²) >= 11 is 2.85. The van der Waals surface area contributed by atoms with E-state index in [1.165, 1.54) is 6.07 Å². The Bertz CT molecular complexity index is 299. The molecule has 9 heavy (non-hydrogen) atoms. The average Bonchev–Trinajstić information content (AvgIpc) is 1.92. The van der Waals surface area contributed by atoms with Gasteiger partial charge in [-0.25, -0.2) is 4.98 Å². The quantitative estimate of drug-likeness (QED) is 0.576. The van der Waals surface area contributed by atoms with Crippen LogP contribution in [0.5, 0.6) is 0 Å². The van der Waals surface area contributed by atoms with E-state index in [0.29, 0.717) is 0 Å². The van der Waals surface area contributed by atoms with Crippen LogP contribution >= 0.6 is 15.9 Å². The first-order chi connectivity index (χ1) is 5.41. The Labute approximate surface area is 65.3 Å². The number of rotatable bonds is 0. The first kappa shape index (κ1) is 3.66. The van der Waals surface area contributed by atoms with Crippen molar-refractivity contribution in [3.8, 4) is 0 Å². The zero-order chi connectivity index (χ0) is 9.35. The first-order valence-electron chi connectivity index (χ1n) is 3.73. The summed E-state index contributed by atoms with van der Waals surface area (Å²) in [6, 6.07) is 1.20. The molecule has 1 aromatic rings. The highest BCUT2D eigenvalue weighted by Crippen LogP contribution is 2.12. The molecule has 1 heterocycles. The number of nitrogens with zero attached hydrogens (tertiary/aromatic N) is 1. The molecule has 3 heteroatoms. The highest BCUT2D eigenvalue weighted by atomic mass is 79.9. The lowest BCUT2D eigenvalue weighted by molar-refractivity contribution is 0.576. The van der Waals surface area contributed by atoms with Gasteiger partial charge < -0.3 is 0 Å². The minimum Gasteiger partial charge on any atom is -0.227 e. The Morgan fingerprint density at radius 3 is 3.22 bits per heavy atom. The maximum Gasteiger partial charge on any atom is 0.227 e. The van der Waals surface area contributed by atoms with Gasteiger partial charge in [0, 0.05) is 10.3 Å². The van der Waals surface area contributed by atoms with Gasteiger partial charge in [-0.15, -0.1) is 0 Å². The number of halogens is 2. The molecule has 1 aromatic heterocycles. The van der Waals surface area contributed by atoms with Crippen molar-refractivity contribution in [2.45, 2.75) is 6.85 Å². The van der Waals surface area contributed by atoms with Gasteiger partial charge in [-0.2, -0.15) is 4.39 Å². The molecule has 0 aliphatic rings. The molecule has 0 amide bonds. The molecule has 0 fully saturated rings. The molecule has 0 unspecified atom stereocenters. The van der Waals surface area contributed by atoms with Crippen LogP contribution in [0.1, 0.15) is 9.68 Å². The molecule has 0 spiro atoms. The molecule has 0 saturated carbocycles. The number of pyridine rings is 1. The van der Waals surface area contributed by atoms with Gasteiger partial charge in [0.15, 0.2) is 0 Å². The first-order valence-corrected chi connectivity index (χ1v) is 3.02. The smallest absolute Gasteiger partial charge is 0.227 e. The standard InChI is InChI=1S/C6H5BrFN/c1-4-2-5(7)6(8)9-3-4/h2-3H,1H3/i1D3. The summed E-state index contributed by atoms with van der Waals surface area (Å²) in [5.74, 6) is -0.706. The molecule has 0 saturated heterocycles. The van der Waals surface area contributed by atoms with Crippen molar-refractivity contribution in [3.63, 3.8) is 0 Å². The van der Waals surface area contributed by atoms with Gasteiger partial charge in [0.25, 0.3) is 0 Å². The Hall–Kier alpha value is -0.440. The third-order valence-electron chi connectivity index (χ3n) is 0.796. The second-order valence-corrected chi connectivity index (χ2v) is 2.35. The molecule has 0 aromatic carbocycles. The van der Waals surface area contributed by atoms with Crippen LogP contribution < -0.4 is 0 Å². The van der Waals surface area contributed by atoms with E-state index in [-0.39, 0.29) is 10.0 Å². The summed E-state index contributed by atoms with van der Waals surface area (Å²) in [4.78, 5) is 3.27. The predicted molar refractivity (Wildman–Crippen MR) is 36.6 cm³/mol. The Balaban J connectivity index is 3.14. The van der Waals surface area contributed by atoms with E-state index in [0.717, 1.165) is 6.20 Å². The molecular weight excluding hydrogens is 185 g/mol. The summed E-state index contributed by atoms with van der Waals surface area (Å²) < 4.78 is 33.6. The Morgan fingerprint density at radius 2 is 2.67 bits per heavy atom. The number of hydrogen-bond donors (Lipinski definition) is 0. The minimum absolute atomic E-state index is 0.0239. The molecule has 48 valence electrons. The molecule has 0 N–H and O–H groups in total. The highest BCUT2D eigenvalue weighted by molar-refractivity contribution is 9.10. The number of aryl methyl sites for hydroxylation is 1. The summed E-state index contributed by atoms with van der Waals surface area (Å²) in [6.45, 7) is -2.23. The molecule has 1 nitrogen and oxygen atoms in total. The van der Waals surface area contributed by atoms with E-state index < -0.39 is 12.8 Å². The maximum atomic E-state index is 12.5. The fraction of sp³-hybridized carbons (Fsp3) is 0.167. The molecule has 0 aliphatic carbocycles. The largest absolute Gasteiger partial charge is 0.227 e. The van der Waals surface area contributed by atoms with Crippen molar-refractivity contribution in [1.29, 1.82) is 0 Å². The van der Waals surface area contributed by atoms with E-state index >= 15 is 0 Å². The van der Waals surface area contributed by atoms with E-state index in [4.69, 9.17) is 4.11 Å². The minimum atomic E-state index is -2.23. The molecule has 1 rings (SSSR count). The van der Waals surface area contributed by atoms with Gasteiger partial charge in [0.2, 0.25) is 5.95 Å². The van der Waals surface area contributed by atoms with Crippen LogP contribution in [0.25, 0.3) is 0 Å². The molecule has 0 atom stereocenters. The third kappa shape index (κ3) is 1.48.